The number of nitrogens with zero attached hydrogens (tertiary/aromatic N) is 2. The van der Waals surface area contributed by atoms with Crippen LogP contribution in [0.25, 0.3) is 0 Å². The second-order valence-electron chi connectivity index (χ2n) is 10.7. The Morgan fingerprint density at radius 2 is 1.69 bits per heavy atom. The molecule has 2 heterocycles. The first-order valence-corrected chi connectivity index (χ1v) is 14.3. The molecule has 2 aliphatic heterocycles. The number of carbonyl (C=O) groups is 3. The van der Waals surface area contributed by atoms with Gasteiger partial charge >= 0.3 is 18.0 Å². The molecular weight excluding hydrogens is 534 g/mol. The number of methoxy groups -OCH3 is 2. The lowest BCUT2D eigenvalue weighted by molar-refractivity contribution is -0.143. The highest BCUT2D eigenvalue weighted by Gasteiger charge is 2.42. The molecule has 1 fully saturated rings. The number of ether oxygens (including phenoxy) is 2. The van der Waals surface area contributed by atoms with Gasteiger partial charge in [-0.05, 0) is 62.9 Å². The largest absolute Gasteiger partial charge is 0.468 e. The van der Waals surface area contributed by atoms with Gasteiger partial charge in [0, 0.05) is 60.9 Å². The van der Waals surface area contributed by atoms with Crippen LogP contribution in [0.1, 0.15) is 43.7 Å². The normalized spacial score (nSPS) is 19.2. The summed E-state index contributed by atoms with van der Waals surface area (Å²) in [6.45, 7) is 8.74. The van der Waals surface area contributed by atoms with Gasteiger partial charge in [-0.2, -0.15) is 0 Å². The Balaban J connectivity index is 1.32. The third kappa shape index (κ3) is 7.17. The average molecular weight is 576 g/mol. The molecule has 2 unspecified atom stereocenters. The average Bonchev–Trinajstić information content (AvgIpc) is 2.99. The van der Waals surface area contributed by atoms with Crippen molar-refractivity contribution in [2.75, 3.05) is 50.6 Å². The monoisotopic (exact) mass is 575 g/mol. The Kier molecular flexibility index (Phi) is 10.4. The molecule has 2 amide bonds. The van der Waals surface area contributed by atoms with Crippen LogP contribution >= 0.6 is 0 Å². The lowest BCUT2D eigenvalue weighted by atomic mass is 9.75. The van der Waals surface area contributed by atoms with Crippen LogP contribution in [0.3, 0.4) is 0 Å². The number of amides is 2. The van der Waals surface area contributed by atoms with Crippen LogP contribution < -0.4 is 20.9 Å². The van der Waals surface area contributed by atoms with E-state index in [9.17, 15) is 14.4 Å². The van der Waals surface area contributed by atoms with Gasteiger partial charge in [-0.3, -0.25) is 9.79 Å². The summed E-state index contributed by atoms with van der Waals surface area (Å²) in [6, 6.07) is 15.7. The topological polar surface area (TPSA) is 121 Å². The molecule has 4 rings (SSSR count). The van der Waals surface area contributed by atoms with Gasteiger partial charge in [0.05, 0.1) is 19.8 Å². The predicted octanol–water partition coefficient (Wildman–Crippen LogP) is 4.17. The van der Waals surface area contributed by atoms with Crippen LogP contribution in [0.5, 0.6) is 0 Å². The van der Waals surface area contributed by atoms with Gasteiger partial charge in [-0.25, -0.2) is 9.59 Å². The molecule has 0 aliphatic carbocycles. The summed E-state index contributed by atoms with van der Waals surface area (Å²) in [5.74, 6) is -2.54. The maximum absolute atomic E-state index is 12.8. The van der Waals surface area contributed by atoms with Gasteiger partial charge in [0.15, 0.2) is 0 Å². The summed E-state index contributed by atoms with van der Waals surface area (Å²) in [5, 5.41) is 9.32. The molecule has 42 heavy (non-hydrogen) atoms. The van der Waals surface area contributed by atoms with Crippen molar-refractivity contribution < 1.29 is 23.9 Å². The minimum Gasteiger partial charge on any atom is -0.468 e. The van der Waals surface area contributed by atoms with Gasteiger partial charge in [0.25, 0.3) is 0 Å². The molecule has 0 aromatic heterocycles. The zero-order chi connectivity index (χ0) is 30.2. The number of allylic oxidation sites excluding steroid dienone is 1. The standard InChI is InChI=1S/C32H41N5O5/c1-20-9-6-7-12-26(20)37-17-13-24(14-18-37)33-15-16-34-32(40)36-25-11-8-10-23(19-25)29-27(30(38)41-4)21(2)35-22(3)28(29)31(39)42-5/h6-12,19,24,27,29,33H,13-18H2,1-5H3,(H2,34,36,40). The number of rotatable bonds is 9. The third-order valence-electron chi connectivity index (χ3n) is 7.99. The number of aryl methyl sites for hydroxylation is 1. The summed E-state index contributed by atoms with van der Waals surface area (Å²) in [6.07, 6.45) is 2.10. The SMILES string of the molecule is COC(=O)C1=C(C)N=C(C)C(C(=O)OC)C1c1cccc(NC(=O)NCCNC2CCN(c3ccccc3C)CC2)c1. The van der Waals surface area contributed by atoms with Crippen molar-refractivity contribution in [2.45, 2.75) is 45.6 Å². The molecule has 2 aromatic carbocycles. The highest BCUT2D eigenvalue weighted by Crippen LogP contribution is 2.40. The molecule has 0 saturated carbocycles. The van der Waals surface area contributed by atoms with E-state index in [0.717, 1.165) is 25.9 Å². The Morgan fingerprint density at radius 3 is 2.38 bits per heavy atom. The number of hydrogen-bond donors (Lipinski definition) is 3. The molecule has 2 aromatic rings. The molecule has 2 atom stereocenters. The predicted molar refractivity (Wildman–Crippen MR) is 164 cm³/mol. The lowest BCUT2D eigenvalue weighted by Gasteiger charge is -2.35. The van der Waals surface area contributed by atoms with Gasteiger partial charge in [0.1, 0.15) is 5.92 Å². The van der Waals surface area contributed by atoms with Gasteiger partial charge in [-0.15, -0.1) is 0 Å². The summed E-state index contributed by atoms with van der Waals surface area (Å²) in [7, 11) is 2.60. The zero-order valence-corrected chi connectivity index (χ0v) is 25.0. The molecule has 0 bridgehead atoms. The van der Waals surface area contributed by atoms with Crippen LogP contribution in [-0.2, 0) is 19.1 Å². The molecule has 3 N–H and O–H groups in total. The minimum atomic E-state index is -0.800. The first kappa shape index (κ1) is 30.8. The van der Waals surface area contributed by atoms with Gasteiger partial charge in [-0.1, -0.05) is 30.3 Å². The lowest BCUT2D eigenvalue weighted by Crippen LogP contribution is -2.45. The van der Waals surface area contributed by atoms with E-state index in [4.69, 9.17) is 9.47 Å². The smallest absolute Gasteiger partial charge is 0.336 e. The summed E-state index contributed by atoms with van der Waals surface area (Å²) >= 11 is 0. The van der Waals surface area contributed by atoms with Crippen LogP contribution in [0, 0.1) is 12.8 Å². The van der Waals surface area contributed by atoms with Crippen molar-refractivity contribution in [3.05, 3.63) is 70.9 Å². The zero-order valence-electron chi connectivity index (χ0n) is 25.0. The van der Waals surface area contributed by atoms with E-state index >= 15 is 0 Å². The van der Waals surface area contributed by atoms with E-state index in [1.165, 1.54) is 25.5 Å². The van der Waals surface area contributed by atoms with Crippen molar-refractivity contribution in [3.8, 4) is 0 Å². The van der Waals surface area contributed by atoms with E-state index in [2.05, 4.69) is 57.0 Å². The first-order valence-electron chi connectivity index (χ1n) is 14.3. The fraction of sp³-hybridized carbons (Fsp3) is 0.438. The maximum Gasteiger partial charge on any atom is 0.336 e. The highest BCUT2D eigenvalue weighted by atomic mass is 16.5. The number of esters is 2. The molecule has 1 saturated heterocycles. The number of anilines is 2. The fourth-order valence-corrected chi connectivity index (χ4v) is 5.88. The number of para-hydroxylation sites is 1. The quantitative estimate of drug-likeness (QED) is 0.303. The molecule has 10 heteroatoms. The highest BCUT2D eigenvalue weighted by molar-refractivity contribution is 6.07. The van der Waals surface area contributed by atoms with Crippen LogP contribution in [0.2, 0.25) is 0 Å². The summed E-state index contributed by atoms with van der Waals surface area (Å²) in [4.78, 5) is 45.1. The van der Waals surface area contributed by atoms with Crippen LogP contribution in [0.15, 0.2) is 64.8 Å². The molecule has 0 spiro atoms. The number of carbonyl (C=O) groups excluding carboxylic acids is 3. The Hall–Kier alpha value is -4.18. The Labute approximate surface area is 247 Å². The summed E-state index contributed by atoms with van der Waals surface area (Å²) in [5.41, 5.74) is 5.11. The van der Waals surface area contributed by atoms with E-state index in [1.54, 1.807) is 32.0 Å². The van der Waals surface area contributed by atoms with E-state index in [-0.39, 0.29) is 11.6 Å². The number of urea groups is 1. The van der Waals surface area contributed by atoms with Crippen LogP contribution in [-0.4, -0.2) is 70.1 Å². The van der Waals surface area contributed by atoms with Crippen molar-refractivity contribution in [3.63, 3.8) is 0 Å². The van der Waals surface area contributed by atoms with E-state index in [1.807, 2.05) is 6.07 Å². The Morgan fingerprint density at radius 1 is 0.952 bits per heavy atom. The molecule has 224 valence electrons. The van der Waals surface area contributed by atoms with Gasteiger partial charge < -0.3 is 30.3 Å². The van der Waals surface area contributed by atoms with E-state index in [0.29, 0.717) is 41.8 Å². The van der Waals surface area contributed by atoms with E-state index < -0.39 is 23.8 Å². The van der Waals surface area contributed by atoms with Crippen molar-refractivity contribution >= 4 is 35.1 Å². The first-order chi connectivity index (χ1) is 20.2. The number of benzene rings is 2. The molecular formula is C32H41N5O5. The maximum atomic E-state index is 12.8. The summed E-state index contributed by atoms with van der Waals surface area (Å²) < 4.78 is 10.1. The van der Waals surface area contributed by atoms with Crippen molar-refractivity contribution in [1.29, 1.82) is 0 Å². The van der Waals surface area contributed by atoms with Crippen molar-refractivity contribution in [1.82, 2.24) is 10.6 Å². The second-order valence-corrected chi connectivity index (χ2v) is 10.7. The molecule has 10 nitrogen and oxygen atoms in total. The molecule has 2 aliphatic rings. The van der Waals surface area contributed by atoms with Crippen LogP contribution in [0.4, 0.5) is 16.2 Å². The molecule has 0 radical (unpaired) electrons. The fourth-order valence-electron chi connectivity index (χ4n) is 5.88. The van der Waals surface area contributed by atoms with Crippen molar-refractivity contribution in [2.24, 2.45) is 10.9 Å². The number of piperidine rings is 1. The Bertz CT molecular complexity index is 1360. The minimum absolute atomic E-state index is 0.288. The number of nitrogens with one attached hydrogen (secondary N) is 3. The number of aliphatic imine (C=N–C) groups is 1. The third-order valence-corrected chi connectivity index (χ3v) is 7.99. The number of hydrogen-bond acceptors (Lipinski definition) is 8. The second kappa shape index (κ2) is 14.1. The van der Waals surface area contributed by atoms with Gasteiger partial charge in [0.2, 0.25) is 0 Å².